The Kier molecular flexibility index (Phi) is 5.21. The van der Waals surface area contributed by atoms with E-state index in [2.05, 4.69) is 0 Å². The van der Waals surface area contributed by atoms with Gasteiger partial charge in [-0.3, -0.25) is 9.00 Å². The summed E-state index contributed by atoms with van der Waals surface area (Å²) in [5.41, 5.74) is 5.31. The van der Waals surface area contributed by atoms with Gasteiger partial charge in [-0.05, 0) is 25.8 Å². The first-order valence-electron chi connectivity index (χ1n) is 5.06. The summed E-state index contributed by atoms with van der Waals surface area (Å²) in [4.78, 5) is 10.9. The van der Waals surface area contributed by atoms with Crippen molar-refractivity contribution in [3.8, 4) is 0 Å². The van der Waals surface area contributed by atoms with E-state index >= 15 is 0 Å². The molecule has 0 spiro atoms. The Morgan fingerprint density at radius 1 is 1.53 bits per heavy atom. The van der Waals surface area contributed by atoms with Crippen LogP contribution in [0, 0.1) is 0 Å². The summed E-state index contributed by atoms with van der Waals surface area (Å²) < 4.78 is 17.1. The third kappa shape index (κ3) is 3.55. The van der Waals surface area contributed by atoms with Crippen LogP contribution in [0.5, 0.6) is 0 Å². The standard InChI is InChI=1S/C9H17NO4S/c10-4-1-8(9(11)12)15(13)7-2-5-14-6-3-7/h7-8H,1-6,10H2,(H,11,12). The third-order valence-electron chi connectivity index (χ3n) is 2.48. The highest BCUT2D eigenvalue weighted by Gasteiger charge is 2.31. The van der Waals surface area contributed by atoms with Gasteiger partial charge in [-0.25, -0.2) is 0 Å². The van der Waals surface area contributed by atoms with Gasteiger partial charge in [0.25, 0.3) is 0 Å². The van der Waals surface area contributed by atoms with Crippen LogP contribution in [0.15, 0.2) is 0 Å². The zero-order valence-electron chi connectivity index (χ0n) is 8.55. The molecule has 2 unspecified atom stereocenters. The van der Waals surface area contributed by atoms with E-state index in [4.69, 9.17) is 15.6 Å². The Morgan fingerprint density at radius 3 is 2.60 bits per heavy atom. The smallest absolute Gasteiger partial charge is 0.319 e. The number of carboxylic acid groups (broad SMARTS) is 1. The molecule has 1 aliphatic rings. The lowest BCUT2D eigenvalue weighted by Crippen LogP contribution is -2.37. The Bertz CT molecular complexity index is 240. The highest BCUT2D eigenvalue weighted by molar-refractivity contribution is 7.87. The minimum absolute atomic E-state index is 0.0496. The quantitative estimate of drug-likeness (QED) is 0.684. The van der Waals surface area contributed by atoms with Gasteiger partial charge >= 0.3 is 5.97 Å². The number of rotatable bonds is 5. The lowest BCUT2D eigenvalue weighted by atomic mass is 10.2. The fourth-order valence-corrected chi connectivity index (χ4v) is 3.32. The summed E-state index contributed by atoms with van der Waals surface area (Å²) in [5.74, 6) is -1.01. The SMILES string of the molecule is NCCC(C(=O)O)S(=O)C1CCOCC1. The van der Waals surface area contributed by atoms with Gasteiger partial charge in [0.1, 0.15) is 5.25 Å². The van der Waals surface area contributed by atoms with Crippen molar-refractivity contribution in [2.75, 3.05) is 19.8 Å². The maximum absolute atomic E-state index is 11.9. The molecule has 1 fully saturated rings. The first-order chi connectivity index (χ1) is 7.16. The van der Waals surface area contributed by atoms with E-state index < -0.39 is 22.0 Å². The van der Waals surface area contributed by atoms with E-state index in [1.165, 1.54) is 0 Å². The third-order valence-corrected chi connectivity index (χ3v) is 4.61. The number of ether oxygens (including phenoxy) is 1. The van der Waals surface area contributed by atoms with Crippen molar-refractivity contribution >= 4 is 16.8 Å². The summed E-state index contributed by atoms with van der Waals surface area (Å²) >= 11 is 0. The highest BCUT2D eigenvalue weighted by atomic mass is 32.2. The zero-order valence-corrected chi connectivity index (χ0v) is 9.37. The number of carboxylic acids is 1. The first-order valence-corrected chi connectivity index (χ1v) is 6.34. The lowest BCUT2D eigenvalue weighted by molar-refractivity contribution is -0.136. The molecule has 0 aromatic carbocycles. The number of aliphatic carboxylic acids is 1. The van der Waals surface area contributed by atoms with Gasteiger partial charge in [-0.2, -0.15) is 0 Å². The molecule has 0 saturated carbocycles. The molecular weight excluding hydrogens is 218 g/mol. The molecule has 1 aliphatic heterocycles. The molecule has 0 aliphatic carbocycles. The van der Waals surface area contributed by atoms with Gasteiger partial charge in [0.05, 0.1) is 0 Å². The van der Waals surface area contributed by atoms with E-state index in [9.17, 15) is 9.00 Å². The molecule has 0 aromatic rings. The predicted octanol–water partition coefficient (Wildman–Crippen LogP) is -0.284. The van der Waals surface area contributed by atoms with E-state index in [1.54, 1.807) is 0 Å². The molecule has 2 atom stereocenters. The van der Waals surface area contributed by atoms with Crippen LogP contribution in [0.4, 0.5) is 0 Å². The largest absolute Gasteiger partial charge is 0.480 e. The van der Waals surface area contributed by atoms with Crippen LogP contribution in [0.1, 0.15) is 19.3 Å². The lowest BCUT2D eigenvalue weighted by Gasteiger charge is -2.24. The molecule has 3 N–H and O–H groups in total. The molecule has 88 valence electrons. The van der Waals surface area contributed by atoms with Crippen molar-refractivity contribution in [3.05, 3.63) is 0 Å². The molecule has 0 radical (unpaired) electrons. The van der Waals surface area contributed by atoms with Crippen LogP contribution in [-0.4, -0.2) is 45.5 Å². The second kappa shape index (κ2) is 6.19. The van der Waals surface area contributed by atoms with Crippen molar-refractivity contribution in [1.82, 2.24) is 0 Å². The fourth-order valence-electron chi connectivity index (χ4n) is 1.63. The predicted molar refractivity (Wildman–Crippen MR) is 57.1 cm³/mol. The molecular formula is C9H17NO4S. The Morgan fingerprint density at radius 2 is 2.13 bits per heavy atom. The second-order valence-corrected chi connectivity index (χ2v) is 5.44. The summed E-state index contributed by atoms with van der Waals surface area (Å²) in [7, 11) is -1.33. The van der Waals surface area contributed by atoms with Crippen LogP contribution in [-0.2, 0) is 20.3 Å². The van der Waals surface area contributed by atoms with Gasteiger partial charge in [0.15, 0.2) is 0 Å². The average molecular weight is 235 g/mol. The van der Waals surface area contributed by atoms with Gasteiger partial charge in [-0.15, -0.1) is 0 Å². The van der Waals surface area contributed by atoms with E-state index in [0.29, 0.717) is 26.1 Å². The van der Waals surface area contributed by atoms with Crippen LogP contribution >= 0.6 is 0 Å². The van der Waals surface area contributed by atoms with Crippen molar-refractivity contribution < 1.29 is 18.8 Å². The minimum atomic E-state index is -1.33. The van der Waals surface area contributed by atoms with Crippen LogP contribution in [0.2, 0.25) is 0 Å². The molecule has 15 heavy (non-hydrogen) atoms. The van der Waals surface area contributed by atoms with Gasteiger partial charge in [0, 0.05) is 29.3 Å². The van der Waals surface area contributed by atoms with E-state index in [1.807, 2.05) is 0 Å². The fraction of sp³-hybridized carbons (Fsp3) is 0.889. The molecule has 1 heterocycles. The average Bonchev–Trinajstić information content (AvgIpc) is 2.26. The Labute approximate surface area is 91.4 Å². The first kappa shape index (κ1) is 12.6. The number of hydrogen-bond acceptors (Lipinski definition) is 4. The van der Waals surface area contributed by atoms with Crippen molar-refractivity contribution in [1.29, 1.82) is 0 Å². The molecule has 0 bridgehead atoms. The monoisotopic (exact) mass is 235 g/mol. The molecule has 1 rings (SSSR count). The summed E-state index contributed by atoms with van der Waals surface area (Å²) in [5, 5.41) is 8.05. The maximum Gasteiger partial charge on any atom is 0.319 e. The topological polar surface area (TPSA) is 89.6 Å². The zero-order chi connectivity index (χ0) is 11.3. The Balaban J connectivity index is 2.57. The summed E-state index contributed by atoms with van der Waals surface area (Å²) in [6.07, 6.45) is 1.64. The number of carbonyl (C=O) groups is 1. The van der Waals surface area contributed by atoms with E-state index in [-0.39, 0.29) is 18.2 Å². The van der Waals surface area contributed by atoms with Crippen LogP contribution in [0.25, 0.3) is 0 Å². The molecule has 6 heteroatoms. The van der Waals surface area contributed by atoms with Crippen LogP contribution < -0.4 is 5.73 Å². The molecule has 5 nitrogen and oxygen atoms in total. The molecule has 0 aromatic heterocycles. The maximum atomic E-state index is 11.9. The van der Waals surface area contributed by atoms with Gasteiger partial charge in [-0.1, -0.05) is 0 Å². The molecule has 1 saturated heterocycles. The number of nitrogens with two attached hydrogens (primary N) is 1. The second-order valence-electron chi connectivity index (χ2n) is 3.54. The normalized spacial score (nSPS) is 22.2. The van der Waals surface area contributed by atoms with Crippen LogP contribution in [0.3, 0.4) is 0 Å². The van der Waals surface area contributed by atoms with E-state index in [0.717, 1.165) is 0 Å². The van der Waals surface area contributed by atoms with Crippen molar-refractivity contribution in [2.45, 2.75) is 29.8 Å². The Hall–Kier alpha value is -0.460. The van der Waals surface area contributed by atoms with Gasteiger partial charge in [0.2, 0.25) is 0 Å². The summed E-state index contributed by atoms with van der Waals surface area (Å²) in [6.45, 7) is 1.41. The highest BCUT2D eigenvalue weighted by Crippen LogP contribution is 2.18. The van der Waals surface area contributed by atoms with Crippen molar-refractivity contribution in [3.63, 3.8) is 0 Å². The summed E-state index contributed by atoms with van der Waals surface area (Å²) in [6, 6.07) is 0. The molecule has 0 amide bonds. The van der Waals surface area contributed by atoms with Crippen molar-refractivity contribution in [2.24, 2.45) is 5.73 Å². The number of hydrogen-bond donors (Lipinski definition) is 2. The minimum Gasteiger partial charge on any atom is -0.480 e. The van der Waals surface area contributed by atoms with Gasteiger partial charge < -0.3 is 15.6 Å².